The lowest BCUT2D eigenvalue weighted by Crippen LogP contribution is -2.19. The van der Waals surface area contributed by atoms with E-state index < -0.39 is 23.0 Å². The molecular formula is C31H26ClF2N5O2S. The number of ether oxygens (including phenoxy) is 1. The molecule has 42 heavy (non-hydrogen) atoms. The number of Topliss-reactive ketones (excluding diaryl/α,β-unsaturated/α-hetero) is 1. The van der Waals surface area contributed by atoms with Gasteiger partial charge in [-0.15, -0.1) is 11.3 Å². The summed E-state index contributed by atoms with van der Waals surface area (Å²) >= 11 is 7.83. The van der Waals surface area contributed by atoms with Crippen molar-refractivity contribution in [2.24, 2.45) is 0 Å². The van der Waals surface area contributed by atoms with Gasteiger partial charge < -0.3 is 15.0 Å². The number of likely N-dealkylation sites (N-methyl/N-ethyl adjacent to an activating group) is 1. The van der Waals surface area contributed by atoms with E-state index in [4.69, 9.17) is 16.3 Å². The van der Waals surface area contributed by atoms with Crippen LogP contribution in [0.5, 0.6) is 5.75 Å². The Bertz CT molecular complexity index is 1710. The molecule has 2 heterocycles. The third-order valence-electron chi connectivity index (χ3n) is 6.25. The van der Waals surface area contributed by atoms with Crippen molar-refractivity contribution >= 4 is 40.4 Å². The van der Waals surface area contributed by atoms with Gasteiger partial charge in [0.1, 0.15) is 24.0 Å². The molecule has 0 saturated carbocycles. The van der Waals surface area contributed by atoms with E-state index in [1.807, 2.05) is 31.1 Å². The first-order chi connectivity index (χ1) is 20.3. The average Bonchev–Trinajstić information content (AvgIpc) is 3.45. The van der Waals surface area contributed by atoms with Gasteiger partial charge in [-0.05, 0) is 62.1 Å². The molecule has 0 aliphatic carbocycles. The highest BCUT2D eigenvalue weighted by Crippen LogP contribution is 2.35. The number of ketones is 1. The predicted octanol–water partition coefficient (Wildman–Crippen LogP) is 7.31. The number of carbonyl (C=O) groups is 1. The summed E-state index contributed by atoms with van der Waals surface area (Å²) in [6, 6.07) is 17.7. The average molecular weight is 606 g/mol. The van der Waals surface area contributed by atoms with Crippen LogP contribution < -0.4 is 10.1 Å². The molecule has 0 saturated heterocycles. The molecule has 0 fully saturated rings. The van der Waals surface area contributed by atoms with Crippen LogP contribution in [0.25, 0.3) is 21.8 Å². The van der Waals surface area contributed by atoms with Crippen LogP contribution in [-0.4, -0.2) is 52.9 Å². The smallest absolute Gasteiger partial charge is 0.227 e. The first-order valence-electron chi connectivity index (χ1n) is 13.0. The Hall–Kier alpha value is -4.25. The summed E-state index contributed by atoms with van der Waals surface area (Å²) in [7, 11) is 3.95. The van der Waals surface area contributed by atoms with Crippen molar-refractivity contribution in [3.63, 3.8) is 0 Å². The molecule has 0 spiro atoms. The topological polar surface area (TPSA) is 80.2 Å². The second-order valence-electron chi connectivity index (χ2n) is 9.61. The molecule has 5 rings (SSSR count). The molecule has 7 nitrogen and oxygen atoms in total. The summed E-state index contributed by atoms with van der Waals surface area (Å²) < 4.78 is 34.0. The lowest BCUT2D eigenvalue weighted by Gasteiger charge is -2.13. The molecule has 3 aromatic carbocycles. The fraction of sp³-hybridized carbons (Fsp3) is 0.161. The van der Waals surface area contributed by atoms with Crippen LogP contribution in [0, 0.1) is 11.6 Å². The number of thiazole rings is 1. The first kappa shape index (κ1) is 29.2. The largest absolute Gasteiger partial charge is 0.491 e. The molecule has 0 amide bonds. The molecular weight excluding hydrogens is 580 g/mol. The number of aromatic nitrogens is 3. The zero-order valence-electron chi connectivity index (χ0n) is 22.8. The summed E-state index contributed by atoms with van der Waals surface area (Å²) in [5.41, 5.74) is 4.54. The zero-order chi connectivity index (χ0) is 29.6. The maximum Gasteiger partial charge on any atom is 0.227 e. The Morgan fingerprint density at radius 3 is 2.57 bits per heavy atom. The van der Waals surface area contributed by atoms with Crippen molar-refractivity contribution in [1.29, 1.82) is 0 Å². The van der Waals surface area contributed by atoms with Crippen molar-refractivity contribution in [3.05, 3.63) is 106 Å². The molecule has 5 aromatic rings. The Balaban J connectivity index is 1.33. The van der Waals surface area contributed by atoms with Gasteiger partial charge in [0.25, 0.3) is 0 Å². The van der Waals surface area contributed by atoms with Gasteiger partial charge in [-0.2, -0.15) is 0 Å². The number of nitrogens with zero attached hydrogens (tertiary/aromatic N) is 4. The van der Waals surface area contributed by atoms with E-state index in [0.717, 1.165) is 29.1 Å². The number of anilines is 2. The maximum absolute atomic E-state index is 14.1. The van der Waals surface area contributed by atoms with Gasteiger partial charge in [0.2, 0.25) is 5.95 Å². The van der Waals surface area contributed by atoms with Gasteiger partial charge in [-0.25, -0.2) is 23.7 Å². The van der Waals surface area contributed by atoms with Crippen molar-refractivity contribution < 1.29 is 18.3 Å². The molecule has 0 aliphatic heterocycles. The van der Waals surface area contributed by atoms with Crippen LogP contribution in [-0.2, 0) is 6.42 Å². The van der Waals surface area contributed by atoms with Gasteiger partial charge >= 0.3 is 0 Å². The molecule has 214 valence electrons. The van der Waals surface area contributed by atoms with Gasteiger partial charge in [-0.3, -0.25) is 4.79 Å². The second kappa shape index (κ2) is 13.2. The van der Waals surface area contributed by atoms with Gasteiger partial charge in [0.05, 0.1) is 32.4 Å². The zero-order valence-corrected chi connectivity index (χ0v) is 24.3. The van der Waals surface area contributed by atoms with E-state index in [9.17, 15) is 13.6 Å². The lowest BCUT2D eigenvalue weighted by molar-refractivity contribution is 0.0985. The first-order valence-corrected chi connectivity index (χ1v) is 14.2. The lowest BCUT2D eigenvalue weighted by atomic mass is 9.99. The van der Waals surface area contributed by atoms with Crippen molar-refractivity contribution in [1.82, 2.24) is 19.9 Å². The third-order valence-corrected chi connectivity index (χ3v) is 7.39. The number of nitrogens with one attached hydrogen (secondary N) is 1. The highest BCUT2D eigenvalue weighted by molar-refractivity contribution is 7.13. The van der Waals surface area contributed by atoms with Crippen LogP contribution in [0.3, 0.4) is 0 Å². The normalized spacial score (nSPS) is 11.1. The van der Waals surface area contributed by atoms with Gasteiger partial charge in [0.15, 0.2) is 5.78 Å². The van der Waals surface area contributed by atoms with Crippen LogP contribution in [0.2, 0.25) is 5.02 Å². The van der Waals surface area contributed by atoms with Crippen LogP contribution in [0.1, 0.15) is 15.9 Å². The monoisotopic (exact) mass is 605 g/mol. The minimum atomic E-state index is -0.877. The number of hydrogen-bond acceptors (Lipinski definition) is 8. The van der Waals surface area contributed by atoms with Gasteiger partial charge in [-0.1, -0.05) is 35.9 Å². The highest BCUT2D eigenvalue weighted by Gasteiger charge is 2.19. The van der Waals surface area contributed by atoms with E-state index in [1.54, 1.807) is 48.1 Å². The SMILES string of the molecule is CN(C)CCOc1ccc(Nc2nccc(-c3scnc3-c3cccc(CC(=O)c4c(F)cccc4F)c3)n2)cc1Cl. The fourth-order valence-electron chi connectivity index (χ4n) is 4.21. The van der Waals surface area contributed by atoms with E-state index in [2.05, 4.69) is 20.3 Å². The standard InChI is InChI=1S/C31H26ClF2N5O2S/c1-39(2)13-14-41-27-10-9-21(17-22(27)32)37-31-35-12-11-25(38-31)30-29(36-18-42-30)20-6-3-5-19(15-20)16-26(40)28-23(33)7-4-8-24(28)34/h3-12,15,17-18H,13-14,16H2,1-2H3,(H,35,37,38). The Morgan fingerprint density at radius 1 is 1.02 bits per heavy atom. The van der Waals surface area contributed by atoms with E-state index >= 15 is 0 Å². The summed E-state index contributed by atoms with van der Waals surface area (Å²) in [5, 5.41) is 3.65. The van der Waals surface area contributed by atoms with E-state index in [0.29, 0.717) is 46.0 Å². The second-order valence-corrected chi connectivity index (χ2v) is 10.9. The molecule has 1 N–H and O–H groups in total. The summed E-state index contributed by atoms with van der Waals surface area (Å²) in [6.07, 6.45) is 1.49. The predicted molar refractivity (Wildman–Crippen MR) is 162 cm³/mol. The van der Waals surface area contributed by atoms with Crippen LogP contribution in [0.15, 0.2) is 78.4 Å². The molecule has 0 aliphatic rings. The number of carbonyl (C=O) groups excluding carboxylic acids is 1. The quantitative estimate of drug-likeness (QED) is 0.158. The Morgan fingerprint density at radius 2 is 1.81 bits per heavy atom. The van der Waals surface area contributed by atoms with Crippen LogP contribution >= 0.6 is 22.9 Å². The minimum absolute atomic E-state index is 0.158. The van der Waals surface area contributed by atoms with Crippen molar-refractivity contribution in [2.75, 3.05) is 32.6 Å². The maximum atomic E-state index is 14.1. The molecule has 0 bridgehead atoms. The van der Waals surface area contributed by atoms with E-state index in [-0.39, 0.29) is 6.42 Å². The van der Waals surface area contributed by atoms with Crippen molar-refractivity contribution in [3.8, 4) is 27.6 Å². The number of benzene rings is 3. The van der Waals surface area contributed by atoms with Gasteiger partial charge in [0, 0.05) is 30.4 Å². The molecule has 11 heteroatoms. The highest BCUT2D eigenvalue weighted by atomic mass is 35.5. The van der Waals surface area contributed by atoms with Crippen LogP contribution in [0.4, 0.5) is 20.4 Å². The summed E-state index contributed by atoms with van der Waals surface area (Å²) in [5.74, 6) is -1.43. The molecule has 0 atom stereocenters. The molecule has 0 unspecified atom stereocenters. The van der Waals surface area contributed by atoms with Crippen molar-refractivity contribution in [2.45, 2.75) is 6.42 Å². The fourth-order valence-corrected chi connectivity index (χ4v) is 5.22. The summed E-state index contributed by atoms with van der Waals surface area (Å²) in [4.78, 5) is 29.1. The number of hydrogen-bond donors (Lipinski definition) is 1. The Kier molecular flexibility index (Phi) is 9.16. The molecule has 0 radical (unpaired) electrons. The minimum Gasteiger partial charge on any atom is -0.491 e. The van der Waals surface area contributed by atoms with E-state index in [1.165, 1.54) is 17.4 Å². The number of rotatable bonds is 11. The number of halogens is 3. The summed E-state index contributed by atoms with van der Waals surface area (Å²) in [6.45, 7) is 1.29. The Labute approximate surface area is 250 Å². The third kappa shape index (κ3) is 6.96. The molecule has 2 aromatic heterocycles.